The third-order valence-electron chi connectivity index (χ3n) is 3.46. The highest BCUT2D eigenvalue weighted by atomic mass is 19.4. The largest absolute Gasteiger partial charge is 0.416 e. The Morgan fingerprint density at radius 3 is 2.11 bits per heavy atom. The van der Waals surface area contributed by atoms with E-state index >= 15 is 0 Å². The number of hydrogen-bond acceptors (Lipinski definition) is 2. The Labute approximate surface area is 105 Å². The zero-order chi connectivity index (χ0) is 13.2. The van der Waals surface area contributed by atoms with Crippen molar-refractivity contribution in [2.24, 2.45) is 0 Å². The Hall–Kier alpha value is -1.23. The quantitative estimate of drug-likeness (QED) is 0.877. The Balaban J connectivity index is 2.02. The Kier molecular flexibility index (Phi) is 3.80. The van der Waals surface area contributed by atoms with Crippen LogP contribution >= 0.6 is 0 Å². The van der Waals surface area contributed by atoms with Crippen molar-refractivity contribution in [3.63, 3.8) is 0 Å². The first kappa shape index (κ1) is 13.2. The topological polar surface area (TPSA) is 15.3 Å². The summed E-state index contributed by atoms with van der Waals surface area (Å²) in [4.78, 5) is 2.13. The van der Waals surface area contributed by atoms with Crippen LogP contribution in [0, 0.1) is 0 Å². The van der Waals surface area contributed by atoms with Crippen LogP contribution in [0.2, 0.25) is 0 Å². The second kappa shape index (κ2) is 5.18. The summed E-state index contributed by atoms with van der Waals surface area (Å²) in [7, 11) is 1.94. The van der Waals surface area contributed by atoms with Crippen LogP contribution in [0.5, 0.6) is 0 Å². The van der Waals surface area contributed by atoms with Crippen LogP contribution in [0.1, 0.15) is 18.4 Å². The highest BCUT2D eigenvalue weighted by molar-refractivity contribution is 5.48. The van der Waals surface area contributed by atoms with Crippen LogP contribution in [0.4, 0.5) is 18.9 Å². The average Bonchev–Trinajstić information content (AvgIpc) is 2.38. The van der Waals surface area contributed by atoms with E-state index in [-0.39, 0.29) is 0 Å². The van der Waals surface area contributed by atoms with E-state index in [2.05, 4.69) is 10.2 Å². The van der Waals surface area contributed by atoms with Gasteiger partial charge in [-0.3, -0.25) is 0 Å². The highest BCUT2D eigenvalue weighted by Crippen LogP contribution is 2.31. The van der Waals surface area contributed by atoms with Gasteiger partial charge in [-0.05, 0) is 44.2 Å². The van der Waals surface area contributed by atoms with E-state index in [0.717, 1.165) is 43.8 Å². The molecular formula is C13H17F3N2. The van der Waals surface area contributed by atoms with Crippen LogP contribution in [0.15, 0.2) is 24.3 Å². The zero-order valence-corrected chi connectivity index (χ0v) is 10.3. The van der Waals surface area contributed by atoms with Gasteiger partial charge in [0.1, 0.15) is 0 Å². The molecule has 0 spiro atoms. The summed E-state index contributed by atoms with van der Waals surface area (Å²) >= 11 is 0. The van der Waals surface area contributed by atoms with Gasteiger partial charge in [-0.2, -0.15) is 13.2 Å². The zero-order valence-electron chi connectivity index (χ0n) is 10.3. The molecule has 1 aromatic carbocycles. The number of piperidine rings is 1. The van der Waals surface area contributed by atoms with E-state index in [0.29, 0.717) is 6.04 Å². The average molecular weight is 258 g/mol. The van der Waals surface area contributed by atoms with Gasteiger partial charge in [0.05, 0.1) is 5.56 Å². The molecule has 1 heterocycles. The van der Waals surface area contributed by atoms with Crippen LogP contribution < -0.4 is 10.2 Å². The maximum Gasteiger partial charge on any atom is 0.416 e. The molecule has 18 heavy (non-hydrogen) atoms. The van der Waals surface area contributed by atoms with Crippen molar-refractivity contribution >= 4 is 5.69 Å². The molecule has 0 aliphatic carbocycles. The molecule has 2 rings (SSSR count). The van der Waals surface area contributed by atoms with Crippen molar-refractivity contribution < 1.29 is 13.2 Å². The number of halogens is 3. The van der Waals surface area contributed by atoms with Crippen molar-refractivity contribution in [2.45, 2.75) is 25.1 Å². The minimum absolute atomic E-state index is 0.524. The SMILES string of the molecule is CNC1CCN(c2ccc(C(F)(F)F)cc2)CC1. The number of anilines is 1. The van der Waals surface area contributed by atoms with Gasteiger partial charge in [0, 0.05) is 24.8 Å². The van der Waals surface area contributed by atoms with Crippen LogP contribution in [0.3, 0.4) is 0 Å². The number of benzene rings is 1. The Bertz CT molecular complexity index is 378. The summed E-state index contributed by atoms with van der Waals surface area (Å²) in [5, 5.41) is 3.23. The molecule has 0 aromatic heterocycles. The molecule has 100 valence electrons. The lowest BCUT2D eigenvalue weighted by Gasteiger charge is -2.33. The molecule has 0 amide bonds. The molecular weight excluding hydrogens is 241 g/mol. The molecule has 5 heteroatoms. The van der Waals surface area contributed by atoms with Crippen LogP contribution in [-0.2, 0) is 6.18 Å². The minimum Gasteiger partial charge on any atom is -0.371 e. The van der Waals surface area contributed by atoms with Crippen molar-refractivity contribution in [3.05, 3.63) is 29.8 Å². The van der Waals surface area contributed by atoms with Gasteiger partial charge in [-0.1, -0.05) is 0 Å². The van der Waals surface area contributed by atoms with Gasteiger partial charge in [-0.25, -0.2) is 0 Å². The van der Waals surface area contributed by atoms with E-state index in [1.54, 1.807) is 12.1 Å². The van der Waals surface area contributed by atoms with Crippen LogP contribution in [-0.4, -0.2) is 26.2 Å². The summed E-state index contributed by atoms with van der Waals surface area (Å²) in [5.41, 5.74) is 0.286. The molecule has 0 radical (unpaired) electrons. The van der Waals surface area contributed by atoms with Gasteiger partial charge in [0.2, 0.25) is 0 Å². The molecule has 1 aromatic rings. The molecule has 1 fully saturated rings. The van der Waals surface area contributed by atoms with Crippen molar-refractivity contribution in [1.29, 1.82) is 0 Å². The Morgan fingerprint density at radius 1 is 1.11 bits per heavy atom. The number of nitrogens with zero attached hydrogens (tertiary/aromatic N) is 1. The monoisotopic (exact) mass is 258 g/mol. The molecule has 0 bridgehead atoms. The molecule has 1 N–H and O–H groups in total. The standard InChI is InChI=1S/C13H17F3N2/c1-17-11-6-8-18(9-7-11)12-4-2-10(3-5-12)13(14,15)16/h2-5,11,17H,6-9H2,1H3. The van der Waals surface area contributed by atoms with Crippen molar-refractivity contribution in [1.82, 2.24) is 5.32 Å². The molecule has 0 unspecified atom stereocenters. The van der Waals surface area contributed by atoms with Crippen molar-refractivity contribution in [3.8, 4) is 0 Å². The fourth-order valence-electron chi connectivity index (χ4n) is 2.29. The summed E-state index contributed by atoms with van der Waals surface area (Å²) in [6, 6.07) is 5.94. The lowest BCUT2D eigenvalue weighted by Crippen LogP contribution is -2.41. The number of alkyl halides is 3. The predicted octanol–water partition coefficient (Wildman–Crippen LogP) is 2.89. The number of rotatable bonds is 2. The van der Waals surface area contributed by atoms with Gasteiger partial charge in [0.15, 0.2) is 0 Å². The Morgan fingerprint density at radius 2 is 1.67 bits per heavy atom. The van der Waals surface area contributed by atoms with E-state index < -0.39 is 11.7 Å². The highest BCUT2D eigenvalue weighted by Gasteiger charge is 2.30. The van der Waals surface area contributed by atoms with E-state index in [1.807, 2.05) is 7.05 Å². The predicted molar refractivity (Wildman–Crippen MR) is 65.7 cm³/mol. The summed E-state index contributed by atoms with van der Waals surface area (Å²) in [6.07, 6.45) is -2.20. The third kappa shape index (κ3) is 2.96. The van der Waals surface area contributed by atoms with Gasteiger partial charge < -0.3 is 10.2 Å². The van der Waals surface area contributed by atoms with E-state index in [9.17, 15) is 13.2 Å². The maximum absolute atomic E-state index is 12.4. The molecule has 1 saturated heterocycles. The molecule has 2 nitrogen and oxygen atoms in total. The molecule has 1 aliphatic heterocycles. The second-order valence-electron chi connectivity index (χ2n) is 4.59. The third-order valence-corrected chi connectivity index (χ3v) is 3.46. The normalized spacial score (nSPS) is 18.1. The molecule has 0 atom stereocenters. The van der Waals surface area contributed by atoms with E-state index in [4.69, 9.17) is 0 Å². The lowest BCUT2D eigenvalue weighted by molar-refractivity contribution is -0.137. The molecule has 1 aliphatic rings. The molecule has 0 saturated carbocycles. The number of hydrogen-bond donors (Lipinski definition) is 1. The first-order valence-electron chi connectivity index (χ1n) is 6.10. The first-order chi connectivity index (χ1) is 8.50. The summed E-state index contributed by atoms with van der Waals surface area (Å²) < 4.78 is 37.3. The summed E-state index contributed by atoms with van der Waals surface area (Å²) in [6.45, 7) is 1.77. The van der Waals surface area contributed by atoms with Crippen LogP contribution in [0.25, 0.3) is 0 Å². The summed E-state index contributed by atoms with van der Waals surface area (Å²) in [5.74, 6) is 0. The number of nitrogens with one attached hydrogen (secondary N) is 1. The maximum atomic E-state index is 12.4. The van der Waals surface area contributed by atoms with Gasteiger partial charge >= 0.3 is 6.18 Å². The van der Waals surface area contributed by atoms with Crippen molar-refractivity contribution in [2.75, 3.05) is 25.0 Å². The lowest BCUT2D eigenvalue weighted by atomic mass is 10.0. The van der Waals surface area contributed by atoms with Gasteiger partial charge in [-0.15, -0.1) is 0 Å². The van der Waals surface area contributed by atoms with E-state index in [1.165, 1.54) is 0 Å². The van der Waals surface area contributed by atoms with Gasteiger partial charge in [0.25, 0.3) is 0 Å². The fourth-order valence-corrected chi connectivity index (χ4v) is 2.29. The second-order valence-corrected chi connectivity index (χ2v) is 4.59. The minimum atomic E-state index is -4.25. The smallest absolute Gasteiger partial charge is 0.371 e. The first-order valence-corrected chi connectivity index (χ1v) is 6.10. The fraction of sp³-hybridized carbons (Fsp3) is 0.538.